The highest BCUT2D eigenvalue weighted by molar-refractivity contribution is 5.98. The summed E-state index contributed by atoms with van der Waals surface area (Å²) in [6.07, 6.45) is 2.38. The highest BCUT2D eigenvalue weighted by Gasteiger charge is 2.44. The van der Waals surface area contributed by atoms with Crippen LogP contribution in [0.4, 0.5) is 4.79 Å². The molecule has 27 heavy (non-hydrogen) atoms. The molecule has 4 rings (SSSR count). The smallest absolute Gasteiger partial charge is 0.319 e. The van der Waals surface area contributed by atoms with Crippen molar-refractivity contribution >= 4 is 22.8 Å². The zero-order chi connectivity index (χ0) is 19.1. The number of fused-ring (bicyclic) bond motifs is 1. The zero-order valence-corrected chi connectivity index (χ0v) is 16.0. The summed E-state index contributed by atoms with van der Waals surface area (Å²) in [4.78, 5) is 31.8. The van der Waals surface area contributed by atoms with Gasteiger partial charge in [0.2, 0.25) is 0 Å². The second-order valence-corrected chi connectivity index (χ2v) is 7.80. The van der Waals surface area contributed by atoms with E-state index in [0.29, 0.717) is 24.1 Å². The summed E-state index contributed by atoms with van der Waals surface area (Å²) in [5.41, 5.74) is 1.43. The van der Waals surface area contributed by atoms with E-state index in [1.54, 1.807) is 26.1 Å². The number of nitrogens with zero attached hydrogens (tertiary/aromatic N) is 2. The summed E-state index contributed by atoms with van der Waals surface area (Å²) in [6.45, 7) is 1.29. The van der Waals surface area contributed by atoms with Gasteiger partial charge in [0.25, 0.3) is 5.91 Å². The van der Waals surface area contributed by atoms with Crippen molar-refractivity contribution < 1.29 is 14.3 Å². The van der Waals surface area contributed by atoms with Gasteiger partial charge >= 0.3 is 6.03 Å². The minimum Gasteiger partial charge on any atom is -0.497 e. The van der Waals surface area contributed by atoms with Crippen molar-refractivity contribution in [1.29, 1.82) is 0 Å². The van der Waals surface area contributed by atoms with Gasteiger partial charge in [-0.25, -0.2) is 4.79 Å². The molecule has 0 bridgehead atoms. The van der Waals surface area contributed by atoms with Gasteiger partial charge in [-0.05, 0) is 43.0 Å². The number of ether oxygens (including phenoxy) is 1. The van der Waals surface area contributed by atoms with Crippen LogP contribution in [0.1, 0.15) is 23.3 Å². The number of aromatic nitrogens is 1. The maximum atomic E-state index is 12.8. The Morgan fingerprint density at radius 1 is 1.22 bits per heavy atom. The molecule has 0 spiro atoms. The number of aromatic amines is 1. The predicted octanol–water partition coefficient (Wildman–Crippen LogP) is 2.30. The molecule has 2 unspecified atom stereocenters. The van der Waals surface area contributed by atoms with Gasteiger partial charge in [0.05, 0.1) is 13.2 Å². The standard InChI is InChI=1S/C20H26N4O3/c1-23(2)20(26)24-10-15(12-4-5-12)18(11-24)22-19(25)17-9-13-8-14(27-3)6-7-16(13)21-17/h6-9,12,15,18,21H,4-5,10-11H2,1-3H3,(H,22,25). The highest BCUT2D eigenvalue weighted by atomic mass is 16.5. The molecule has 2 aliphatic rings. The SMILES string of the molecule is COc1ccc2[nH]c(C(=O)NC3CN(C(=O)N(C)C)CC3C3CC3)cc2c1. The van der Waals surface area contributed by atoms with E-state index in [1.807, 2.05) is 29.2 Å². The Labute approximate surface area is 158 Å². The number of rotatable bonds is 4. The first kappa shape index (κ1) is 17.7. The van der Waals surface area contributed by atoms with Crippen LogP contribution < -0.4 is 10.1 Å². The Morgan fingerprint density at radius 2 is 2.00 bits per heavy atom. The van der Waals surface area contributed by atoms with Gasteiger partial charge in [-0.3, -0.25) is 4.79 Å². The molecule has 2 atom stereocenters. The van der Waals surface area contributed by atoms with Gasteiger partial charge in [-0.1, -0.05) is 0 Å². The van der Waals surface area contributed by atoms with Crippen LogP contribution in [0.25, 0.3) is 10.9 Å². The molecule has 3 amide bonds. The Morgan fingerprint density at radius 3 is 2.67 bits per heavy atom. The number of H-pyrrole nitrogens is 1. The third kappa shape index (κ3) is 3.46. The van der Waals surface area contributed by atoms with E-state index in [0.717, 1.165) is 23.2 Å². The average Bonchev–Trinajstić information content (AvgIpc) is 3.27. The summed E-state index contributed by atoms with van der Waals surface area (Å²) in [5.74, 6) is 1.58. The fourth-order valence-electron chi connectivity index (χ4n) is 4.03. The van der Waals surface area contributed by atoms with E-state index in [4.69, 9.17) is 4.74 Å². The Kier molecular flexibility index (Phi) is 4.45. The van der Waals surface area contributed by atoms with Gasteiger partial charge in [-0.15, -0.1) is 0 Å². The first-order valence-electron chi connectivity index (χ1n) is 9.40. The second-order valence-electron chi connectivity index (χ2n) is 7.80. The van der Waals surface area contributed by atoms with E-state index in [-0.39, 0.29) is 18.0 Å². The lowest BCUT2D eigenvalue weighted by molar-refractivity contribution is 0.0923. The number of benzene rings is 1. The fraction of sp³-hybridized carbons (Fsp3) is 0.500. The van der Waals surface area contributed by atoms with Crippen molar-refractivity contribution in [2.75, 3.05) is 34.3 Å². The number of hydrogen-bond acceptors (Lipinski definition) is 3. The van der Waals surface area contributed by atoms with Crippen molar-refractivity contribution in [2.45, 2.75) is 18.9 Å². The lowest BCUT2D eigenvalue weighted by Crippen LogP contribution is -2.43. The Balaban J connectivity index is 1.50. The molecule has 2 heterocycles. The van der Waals surface area contributed by atoms with Gasteiger partial charge < -0.3 is 24.8 Å². The lowest BCUT2D eigenvalue weighted by atomic mass is 9.98. The summed E-state index contributed by atoms with van der Waals surface area (Å²) >= 11 is 0. The largest absolute Gasteiger partial charge is 0.497 e. The maximum absolute atomic E-state index is 12.8. The molecule has 2 N–H and O–H groups in total. The van der Waals surface area contributed by atoms with Crippen LogP contribution in [0.5, 0.6) is 5.75 Å². The molecule has 7 heteroatoms. The molecule has 2 fully saturated rings. The van der Waals surface area contributed by atoms with Gasteiger partial charge in [0.15, 0.2) is 0 Å². The van der Waals surface area contributed by atoms with Crippen molar-refractivity contribution in [2.24, 2.45) is 11.8 Å². The molecule has 1 aliphatic carbocycles. The summed E-state index contributed by atoms with van der Waals surface area (Å²) in [6, 6.07) is 7.53. The molecule has 144 valence electrons. The molecule has 1 saturated heterocycles. The molecule has 7 nitrogen and oxygen atoms in total. The van der Waals surface area contributed by atoms with Crippen LogP contribution in [0.2, 0.25) is 0 Å². The van der Waals surface area contributed by atoms with Crippen molar-refractivity contribution in [3.63, 3.8) is 0 Å². The van der Waals surface area contributed by atoms with E-state index >= 15 is 0 Å². The van der Waals surface area contributed by atoms with E-state index < -0.39 is 0 Å². The zero-order valence-electron chi connectivity index (χ0n) is 16.0. The Bertz CT molecular complexity index is 871. The number of amides is 3. The third-order valence-corrected chi connectivity index (χ3v) is 5.63. The summed E-state index contributed by atoms with van der Waals surface area (Å²) in [5, 5.41) is 4.11. The first-order chi connectivity index (χ1) is 13.0. The number of carbonyl (C=O) groups is 2. The van der Waals surface area contributed by atoms with Gasteiger partial charge in [0.1, 0.15) is 11.4 Å². The molecule has 2 aromatic rings. The second kappa shape index (κ2) is 6.79. The van der Waals surface area contributed by atoms with Crippen LogP contribution in [0.3, 0.4) is 0 Å². The van der Waals surface area contributed by atoms with Crippen molar-refractivity contribution in [3.8, 4) is 5.75 Å². The molecule has 0 radical (unpaired) electrons. The average molecular weight is 370 g/mol. The molecule has 1 aliphatic heterocycles. The van der Waals surface area contributed by atoms with Crippen LogP contribution in [-0.4, -0.2) is 67.1 Å². The van der Waals surface area contributed by atoms with Crippen LogP contribution in [0, 0.1) is 11.8 Å². The molecular weight excluding hydrogens is 344 g/mol. The lowest BCUT2D eigenvalue weighted by Gasteiger charge is -2.21. The number of urea groups is 1. The van der Waals surface area contributed by atoms with E-state index in [9.17, 15) is 9.59 Å². The van der Waals surface area contributed by atoms with E-state index in [1.165, 1.54) is 12.8 Å². The monoisotopic (exact) mass is 370 g/mol. The quantitative estimate of drug-likeness (QED) is 0.867. The molecule has 1 aromatic carbocycles. The first-order valence-corrected chi connectivity index (χ1v) is 9.40. The minimum atomic E-state index is -0.125. The number of hydrogen-bond donors (Lipinski definition) is 2. The molecular formula is C20H26N4O3. The number of nitrogens with one attached hydrogen (secondary N) is 2. The predicted molar refractivity (Wildman–Crippen MR) is 103 cm³/mol. The minimum absolute atomic E-state index is 0.00477. The van der Waals surface area contributed by atoms with Crippen molar-refractivity contribution in [1.82, 2.24) is 20.1 Å². The fourth-order valence-corrected chi connectivity index (χ4v) is 4.03. The number of likely N-dealkylation sites (tertiary alicyclic amines) is 1. The number of carbonyl (C=O) groups excluding carboxylic acids is 2. The van der Waals surface area contributed by atoms with Crippen LogP contribution in [-0.2, 0) is 0 Å². The Hall–Kier alpha value is -2.70. The normalized spacial score (nSPS) is 22.1. The van der Waals surface area contributed by atoms with Crippen molar-refractivity contribution in [3.05, 3.63) is 30.0 Å². The maximum Gasteiger partial charge on any atom is 0.319 e. The van der Waals surface area contributed by atoms with Crippen LogP contribution >= 0.6 is 0 Å². The molecule has 1 aromatic heterocycles. The highest BCUT2D eigenvalue weighted by Crippen LogP contribution is 2.41. The van der Waals surface area contributed by atoms with Gasteiger partial charge in [-0.2, -0.15) is 0 Å². The topological polar surface area (TPSA) is 77.7 Å². The summed E-state index contributed by atoms with van der Waals surface area (Å²) in [7, 11) is 5.15. The van der Waals surface area contributed by atoms with Gasteiger partial charge in [0, 0.05) is 44.0 Å². The number of methoxy groups -OCH3 is 1. The van der Waals surface area contributed by atoms with E-state index in [2.05, 4.69) is 10.3 Å². The molecule has 1 saturated carbocycles. The summed E-state index contributed by atoms with van der Waals surface area (Å²) < 4.78 is 5.24. The van der Waals surface area contributed by atoms with Crippen LogP contribution in [0.15, 0.2) is 24.3 Å². The third-order valence-electron chi connectivity index (χ3n) is 5.63.